The highest BCUT2D eigenvalue weighted by Crippen LogP contribution is 2.23. The predicted octanol–water partition coefficient (Wildman–Crippen LogP) is 3.29. The van der Waals surface area contributed by atoms with E-state index in [-0.39, 0.29) is 0 Å². The van der Waals surface area contributed by atoms with Gasteiger partial charge in [0.1, 0.15) is 5.82 Å². The van der Waals surface area contributed by atoms with Crippen molar-refractivity contribution in [1.82, 2.24) is 19.4 Å². The van der Waals surface area contributed by atoms with Gasteiger partial charge in [0.25, 0.3) is 0 Å². The van der Waals surface area contributed by atoms with Crippen molar-refractivity contribution in [2.24, 2.45) is 0 Å². The Kier molecular flexibility index (Phi) is 5.22. The number of nitrogens with zero attached hydrogens (tertiary/aromatic N) is 4. The molecule has 1 atom stereocenters. The lowest BCUT2D eigenvalue weighted by Gasteiger charge is -2.24. The fourth-order valence-electron chi connectivity index (χ4n) is 3.43. The number of likely N-dealkylation sites (tertiary alicyclic amines) is 1. The molecule has 0 aromatic carbocycles. The van der Waals surface area contributed by atoms with Crippen LogP contribution in [0.25, 0.3) is 0 Å². The molecular formula is C18H26N4. The van der Waals surface area contributed by atoms with Gasteiger partial charge in [0.2, 0.25) is 0 Å². The van der Waals surface area contributed by atoms with Gasteiger partial charge >= 0.3 is 0 Å². The van der Waals surface area contributed by atoms with Crippen molar-refractivity contribution >= 4 is 0 Å². The number of imidazole rings is 1. The maximum Gasteiger partial charge on any atom is 0.122 e. The van der Waals surface area contributed by atoms with Gasteiger partial charge in [-0.15, -0.1) is 0 Å². The molecule has 3 heterocycles. The van der Waals surface area contributed by atoms with Gasteiger partial charge in [-0.1, -0.05) is 6.92 Å². The minimum absolute atomic E-state index is 0.694. The lowest BCUT2D eigenvalue weighted by atomic mass is 10.0. The summed E-state index contributed by atoms with van der Waals surface area (Å²) in [7, 11) is 0. The third kappa shape index (κ3) is 3.74. The number of hydrogen-bond acceptors (Lipinski definition) is 3. The van der Waals surface area contributed by atoms with Gasteiger partial charge in [0.05, 0.1) is 6.54 Å². The van der Waals surface area contributed by atoms with E-state index in [2.05, 4.69) is 44.7 Å². The monoisotopic (exact) mass is 298 g/mol. The molecule has 0 saturated carbocycles. The topological polar surface area (TPSA) is 34.0 Å². The summed E-state index contributed by atoms with van der Waals surface area (Å²) in [6.07, 6.45) is 14.0. The molecule has 2 aromatic rings. The summed E-state index contributed by atoms with van der Waals surface area (Å²) in [5.74, 6) is 1.22. The minimum atomic E-state index is 0.694. The molecule has 118 valence electrons. The maximum absolute atomic E-state index is 4.56. The second-order valence-electron chi connectivity index (χ2n) is 6.20. The van der Waals surface area contributed by atoms with Gasteiger partial charge in [-0.25, -0.2) is 4.98 Å². The van der Waals surface area contributed by atoms with Crippen molar-refractivity contribution in [2.75, 3.05) is 6.54 Å². The van der Waals surface area contributed by atoms with Crippen LogP contribution in [0.5, 0.6) is 0 Å². The van der Waals surface area contributed by atoms with Crippen molar-refractivity contribution in [3.63, 3.8) is 0 Å². The van der Waals surface area contributed by atoms with E-state index >= 15 is 0 Å². The van der Waals surface area contributed by atoms with Gasteiger partial charge in [-0.2, -0.15) is 0 Å². The zero-order valence-corrected chi connectivity index (χ0v) is 13.5. The van der Waals surface area contributed by atoms with Crippen LogP contribution in [0.1, 0.15) is 44.0 Å². The molecule has 0 aliphatic carbocycles. The van der Waals surface area contributed by atoms with Crippen LogP contribution in [0.4, 0.5) is 0 Å². The van der Waals surface area contributed by atoms with Gasteiger partial charge in [-0.05, 0) is 56.3 Å². The molecule has 1 aliphatic heterocycles. The molecule has 0 bridgehead atoms. The van der Waals surface area contributed by atoms with Crippen molar-refractivity contribution in [3.8, 4) is 0 Å². The Bertz CT molecular complexity index is 563. The van der Waals surface area contributed by atoms with E-state index in [1.807, 2.05) is 18.6 Å². The van der Waals surface area contributed by atoms with Crippen LogP contribution in [0.15, 0.2) is 36.9 Å². The van der Waals surface area contributed by atoms with Crippen LogP contribution < -0.4 is 0 Å². The van der Waals surface area contributed by atoms with E-state index < -0.39 is 0 Å². The van der Waals surface area contributed by atoms with Crippen molar-refractivity contribution < 1.29 is 0 Å². The summed E-state index contributed by atoms with van der Waals surface area (Å²) in [6.45, 7) is 5.50. The number of hydrogen-bond donors (Lipinski definition) is 0. The molecule has 0 N–H and O–H groups in total. The average molecular weight is 298 g/mol. The Morgan fingerprint density at radius 1 is 1.23 bits per heavy atom. The summed E-state index contributed by atoms with van der Waals surface area (Å²) < 4.78 is 2.30. The summed E-state index contributed by atoms with van der Waals surface area (Å²) in [6, 6.07) is 4.96. The Morgan fingerprint density at radius 3 is 2.91 bits per heavy atom. The molecule has 22 heavy (non-hydrogen) atoms. The molecule has 1 saturated heterocycles. The fourth-order valence-corrected chi connectivity index (χ4v) is 3.43. The van der Waals surface area contributed by atoms with E-state index in [1.54, 1.807) is 0 Å². The highest BCUT2D eigenvalue weighted by molar-refractivity contribution is 5.10. The molecule has 1 unspecified atom stereocenters. The third-order valence-electron chi connectivity index (χ3n) is 4.63. The van der Waals surface area contributed by atoms with Crippen LogP contribution in [0, 0.1) is 0 Å². The van der Waals surface area contributed by atoms with Crippen LogP contribution in [0.2, 0.25) is 0 Å². The number of rotatable bonds is 7. The fraction of sp³-hybridized carbons (Fsp3) is 0.556. The molecule has 3 rings (SSSR count). The molecule has 2 aromatic heterocycles. The van der Waals surface area contributed by atoms with Crippen LogP contribution in [-0.2, 0) is 19.5 Å². The maximum atomic E-state index is 4.56. The predicted molar refractivity (Wildman–Crippen MR) is 88.5 cm³/mol. The number of aryl methyl sites for hydroxylation is 2. The summed E-state index contributed by atoms with van der Waals surface area (Å²) in [4.78, 5) is 11.3. The SMILES string of the molecule is CCCn1ccnc1CN1CCCC1CCc1ccncc1. The van der Waals surface area contributed by atoms with Crippen LogP contribution >= 0.6 is 0 Å². The quantitative estimate of drug-likeness (QED) is 0.786. The summed E-state index contributed by atoms with van der Waals surface area (Å²) >= 11 is 0. The molecule has 4 nitrogen and oxygen atoms in total. The highest BCUT2D eigenvalue weighted by atomic mass is 15.2. The van der Waals surface area contributed by atoms with Crippen LogP contribution in [0.3, 0.4) is 0 Å². The van der Waals surface area contributed by atoms with Crippen molar-refractivity contribution in [3.05, 3.63) is 48.3 Å². The van der Waals surface area contributed by atoms with E-state index in [1.165, 1.54) is 37.2 Å². The molecule has 1 aliphatic rings. The molecule has 4 heteroatoms. The third-order valence-corrected chi connectivity index (χ3v) is 4.63. The molecule has 1 fully saturated rings. The number of aromatic nitrogens is 3. The first-order valence-corrected chi connectivity index (χ1v) is 8.49. The smallest absolute Gasteiger partial charge is 0.122 e. The second kappa shape index (κ2) is 7.54. The Hall–Kier alpha value is -1.68. The molecule has 0 amide bonds. The molecular weight excluding hydrogens is 272 g/mol. The van der Waals surface area contributed by atoms with Crippen LogP contribution in [-0.4, -0.2) is 32.0 Å². The molecule has 0 radical (unpaired) electrons. The highest BCUT2D eigenvalue weighted by Gasteiger charge is 2.25. The van der Waals surface area contributed by atoms with E-state index in [4.69, 9.17) is 0 Å². The Balaban J connectivity index is 1.57. The lowest BCUT2D eigenvalue weighted by molar-refractivity contribution is 0.226. The van der Waals surface area contributed by atoms with Gasteiger partial charge in [-0.3, -0.25) is 9.88 Å². The first kappa shape index (κ1) is 15.2. The summed E-state index contributed by atoms with van der Waals surface area (Å²) in [5, 5.41) is 0. The van der Waals surface area contributed by atoms with Gasteiger partial charge in [0.15, 0.2) is 0 Å². The second-order valence-corrected chi connectivity index (χ2v) is 6.20. The summed E-state index contributed by atoms with van der Waals surface area (Å²) in [5.41, 5.74) is 1.40. The van der Waals surface area contributed by atoms with E-state index in [0.717, 1.165) is 25.9 Å². The zero-order valence-electron chi connectivity index (χ0n) is 13.5. The zero-order chi connectivity index (χ0) is 15.2. The standard InChI is InChI=1S/C18H26N4/c1-2-12-21-14-11-20-18(21)15-22-13-3-4-17(22)6-5-16-7-9-19-10-8-16/h7-11,14,17H,2-6,12-13,15H2,1H3. The van der Waals surface area contributed by atoms with Gasteiger partial charge in [0, 0.05) is 37.4 Å². The Labute approximate surface area is 133 Å². The number of pyridine rings is 1. The van der Waals surface area contributed by atoms with Crippen molar-refractivity contribution in [2.45, 2.75) is 58.2 Å². The normalized spacial score (nSPS) is 18.9. The Morgan fingerprint density at radius 2 is 2.09 bits per heavy atom. The van der Waals surface area contributed by atoms with E-state index in [9.17, 15) is 0 Å². The molecule has 0 spiro atoms. The van der Waals surface area contributed by atoms with E-state index in [0.29, 0.717) is 6.04 Å². The first-order chi connectivity index (χ1) is 10.9. The van der Waals surface area contributed by atoms with Gasteiger partial charge < -0.3 is 4.57 Å². The first-order valence-electron chi connectivity index (χ1n) is 8.49. The average Bonchev–Trinajstić information content (AvgIpc) is 3.17. The largest absolute Gasteiger partial charge is 0.334 e. The van der Waals surface area contributed by atoms with Crippen molar-refractivity contribution in [1.29, 1.82) is 0 Å². The lowest BCUT2D eigenvalue weighted by Crippen LogP contribution is -2.30. The minimum Gasteiger partial charge on any atom is -0.334 e.